The van der Waals surface area contributed by atoms with Gasteiger partial charge in [-0.3, -0.25) is 9.69 Å². The zero-order valence-corrected chi connectivity index (χ0v) is 19.0. The van der Waals surface area contributed by atoms with Gasteiger partial charge in [0, 0.05) is 39.3 Å². The lowest BCUT2D eigenvalue weighted by Gasteiger charge is -2.30. The van der Waals surface area contributed by atoms with Crippen LogP contribution < -0.4 is 0 Å². The maximum atomic E-state index is 13.2. The van der Waals surface area contributed by atoms with Crippen LogP contribution >= 0.6 is 0 Å². The molecule has 29 heavy (non-hydrogen) atoms. The van der Waals surface area contributed by atoms with E-state index in [2.05, 4.69) is 25.7 Å². The monoisotopic (exact) mass is 421 g/mol. The summed E-state index contributed by atoms with van der Waals surface area (Å²) in [6, 6.07) is 7.07. The van der Waals surface area contributed by atoms with Crippen LogP contribution in [0.2, 0.25) is 0 Å². The summed E-state index contributed by atoms with van der Waals surface area (Å²) in [7, 11) is -3.52. The van der Waals surface area contributed by atoms with Crippen LogP contribution in [0.5, 0.6) is 0 Å². The number of carbonyl (C=O) groups excluding carboxylic acids is 1. The Morgan fingerprint density at radius 3 is 2.10 bits per heavy atom. The third-order valence-corrected chi connectivity index (χ3v) is 8.08. The first-order valence-corrected chi connectivity index (χ1v) is 12.2. The molecular weight excluding hydrogens is 386 g/mol. The summed E-state index contributed by atoms with van der Waals surface area (Å²) in [5, 5.41) is 0. The second-order valence-corrected chi connectivity index (χ2v) is 11.2. The lowest BCUT2D eigenvalue weighted by atomic mass is 9.87. The third kappa shape index (κ3) is 5.01. The number of amides is 1. The van der Waals surface area contributed by atoms with Crippen molar-refractivity contribution in [2.45, 2.75) is 63.3 Å². The zero-order valence-electron chi connectivity index (χ0n) is 18.2. The zero-order chi connectivity index (χ0) is 21.2. The van der Waals surface area contributed by atoms with Crippen LogP contribution in [0.25, 0.3) is 0 Å². The molecule has 2 aliphatic rings. The molecule has 0 bridgehead atoms. The highest BCUT2D eigenvalue weighted by molar-refractivity contribution is 7.89. The van der Waals surface area contributed by atoms with E-state index in [0.29, 0.717) is 24.5 Å². The molecule has 0 aliphatic carbocycles. The highest BCUT2D eigenvalue weighted by atomic mass is 32.2. The molecule has 0 N–H and O–H groups in total. The van der Waals surface area contributed by atoms with E-state index in [0.717, 1.165) is 44.5 Å². The fourth-order valence-corrected chi connectivity index (χ4v) is 5.64. The second kappa shape index (κ2) is 8.74. The molecule has 7 heteroatoms. The molecule has 2 saturated heterocycles. The van der Waals surface area contributed by atoms with Crippen molar-refractivity contribution in [2.24, 2.45) is 0 Å². The van der Waals surface area contributed by atoms with Crippen molar-refractivity contribution in [3.63, 3.8) is 0 Å². The van der Waals surface area contributed by atoms with Crippen molar-refractivity contribution in [1.82, 2.24) is 14.1 Å². The smallest absolute Gasteiger partial charge is 0.243 e. The molecule has 1 atom stereocenters. The first-order chi connectivity index (χ1) is 13.6. The molecule has 162 valence electrons. The van der Waals surface area contributed by atoms with Gasteiger partial charge in [-0.25, -0.2) is 8.42 Å². The minimum Gasteiger partial charge on any atom is -0.341 e. The summed E-state index contributed by atoms with van der Waals surface area (Å²) in [6.45, 7) is 12.2. The molecule has 1 amide bonds. The number of rotatable bonds is 4. The number of carbonyl (C=O) groups is 1. The van der Waals surface area contributed by atoms with Gasteiger partial charge in [0.1, 0.15) is 0 Å². The molecule has 3 rings (SSSR count). The molecule has 0 saturated carbocycles. The Balaban J connectivity index is 1.67. The average molecular weight is 422 g/mol. The van der Waals surface area contributed by atoms with E-state index < -0.39 is 10.0 Å². The van der Waals surface area contributed by atoms with Gasteiger partial charge in [0.15, 0.2) is 0 Å². The van der Waals surface area contributed by atoms with Gasteiger partial charge in [0.2, 0.25) is 15.9 Å². The second-order valence-electron chi connectivity index (χ2n) is 9.28. The Morgan fingerprint density at radius 1 is 0.897 bits per heavy atom. The predicted octanol–water partition coefficient (Wildman–Crippen LogP) is 2.69. The molecule has 1 unspecified atom stereocenters. The Kier molecular flexibility index (Phi) is 6.70. The van der Waals surface area contributed by atoms with E-state index in [1.807, 2.05) is 24.0 Å². The summed E-state index contributed by atoms with van der Waals surface area (Å²) in [5.41, 5.74) is 1.11. The Bertz CT molecular complexity index is 809. The number of benzene rings is 1. The van der Waals surface area contributed by atoms with E-state index in [4.69, 9.17) is 0 Å². The highest BCUT2D eigenvalue weighted by Gasteiger charge is 2.32. The van der Waals surface area contributed by atoms with E-state index >= 15 is 0 Å². The lowest BCUT2D eigenvalue weighted by molar-refractivity contribution is -0.135. The van der Waals surface area contributed by atoms with Crippen LogP contribution in [0.3, 0.4) is 0 Å². The van der Waals surface area contributed by atoms with Crippen LogP contribution in [-0.4, -0.2) is 73.7 Å². The van der Waals surface area contributed by atoms with Crippen molar-refractivity contribution in [1.29, 1.82) is 0 Å². The van der Waals surface area contributed by atoms with Crippen LogP contribution in [0, 0.1) is 0 Å². The van der Waals surface area contributed by atoms with Crippen molar-refractivity contribution < 1.29 is 13.2 Å². The molecule has 2 heterocycles. The van der Waals surface area contributed by atoms with Crippen LogP contribution in [-0.2, 0) is 20.2 Å². The summed E-state index contributed by atoms with van der Waals surface area (Å²) in [5.74, 6) is 0.177. The minimum absolute atomic E-state index is 0.0105. The van der Waals surface area contributed by atoms with Crippen molar-refractivity contribution >= 4 is 15.9 Å². The van der Waals surface area contributed by atoms with E-state index in [9.17, 15) is 13.2 Å². The van der Waals surface area contributed by atoms with Gasteiger partial charge in [-0.15, -0.1) is 0 Å². The molecule has 6 nitrogen and oxygen atoms in total. The summed E-state index contributed by atoms with van der Waals surface area (Å²) in [4.78, 5) is 17.2. The maximum absolute atomic E-state index is 13.2. The Morgan fingerprint density at radius 2 is 1.52 bits per heavy atom. The Labute approximate surface area is 175 Å². The first kappa shape index (κ1) is 22.2. The van der Waals surface area contributed by atoms with E-state index in [1.165, 1.54) is 0 Å². The number of hydrogen-bond donors (Lipinski definition) is 0. The maximum Gasteiger partial charge on any atom is 0.243 e. The SMILES string of the molecule is CC(C(=O)N1CCCC1)N1CCCN(S(=O)(=O)c2ccc(C(C)(C)C)cc2)CC1. The van der Waals surface area contributed by atoms with E-state index in [1.54, 1.807) is 16.4 Å². The first-order valence-electron chi connectivity index (χ1n) is 10.7. The fraction of sp³-hybridized carbons (Fsp3) is 0.682. The number of sulfonamides is 1. The summed E-state index contributed by atoms with van der Waals surface area (Å²) >= 11 is 0. The molecule has 0 radical (unpaired) electrons. The van der Waals surface area contributed by atoms with Gasteiger partial charge in [-0.05, 0) is 49.3 Å². The molecule has 2 aliphatic heterocycles. The topological polar surface area (TPSA) is 60.9 Å². The van der Waals surface area contributed by atoms with Gasteiger partial charge >= 0.3 is 0 Å². The van der Waals surface area contributed by atoms with Crippen molar-refractivity contribution in [3.05, 3.63) is 29.8 Å². The summed E-state index contributed by atoms with van der Waals surface area (Å²) < 4.78 is 27.9. The standard InChI is InChI=1S/C22H35N3O3S/c1-18(21(26)24-12-5-6-13-24)23-14-7-15-25(17-16-23)29(27,28)20-10-8-19(9-11-20)22(2,3)4/h8-11,18H,5-7,12-17H2,1-4H3. The lowest BCUT2D eigenvalue weighted by Crippen LogP contribution is -2.47. The number of likely N-dealkylation sites (tertiary alicyclic amines) is 1. The van der Waals surface area contributed by atoms with Gasteiger partial charge in [-0.2, -0.15) is 4.31 Å². The van der Waals surface area contributed by atoms with Crippen LogP contribution in [0.1, 0.15) is 52.5 Å². The van der Waals surface area contributed by atoms with E-state index in [-0.39, 0.29) is 17.4 Å². The Hall–Kier alpha value is -1.44. The minimum atomic E-state index is -3.52. The molecular formula is C22H35N3O3S. The number of hydrogen-bond acceptors (Lipinski definition) is 4. The van der Waals surface area contributed by atoms with Gasteiger partial charge in [0.05, 0.1) is 10.9 Å². The van der Waals surface area contributed by atoms with Crippen molar-refractivity contribution in [2.75, 3.05) is 39.3 Å². The molecule has 1 aromatic rings. The van der Waals surface area contributed by atoms with Gasteiger partial charge < -0.3 is 4.90 Å². The predicted molar refractivity (Wildman–Crippen MR) is 115 cm³/mol. The fourth-order valence-electron chi connectivity index (χ4n) is 4.18. The molecule has 1 aromatic carbocycles. The quantitative estimate of drug-likeness (QED) is 0.750. The molecule has 0 aromatic heterocycles. The van der Waals surface area contributed by atoms with Gasteiger partial charge in [-0.1, -0.05) is 32.9 Å². The molecule has 0 spiro atoms. The third-order valence-electron chi connectivity index (χ3n) is 6.17. The molecule has 2 fully saturated rings. The van der Waals surface area contributed by atoms with Crippen LogP contribution in [0.15, 0.2) is 29.2 Å². The van der Waals surface area contributed by atoms with Crippen molar-refractivity contribution in [3.8, 4) is 0 Å². The summed E-state index contributed by atoms with van der Waals surface area (Å²) in [6.07, 6.45) is 2.90. The highest BCUT2D eigenvalue weighted by Crippen LogP contribution is 2.25. The largest absolute Gasteiger partial charge is 0.341 e. The van der Waals surface area contributed by atoms with Crippen LogP contribution in [0.4, 0.5) is 0 Å². The normalized spacial score (nSPS) is 21.2. The average Bonchev–Trinajstić information content (AvgIpc) is 3.10. The number of nitrogens with zero attached hydrogens (tertiary/aromatic N) is 3. The van der Waals surface area contributed by atoms with Gasteiger partial charge in [0.25, 0.3) is 0 Å².